The maximum absolute atomic E-state index is 9.13. The van der Waals surface area contributed by atoms with Gasteiger partial charge in [0.2, 0.25) is 0 Å². The van der Waals surface area contributed by atoms with E-state index in [2.05, 4.69) is 4.98 Å². The average Bonchev–Trinajstić information content (AvgIpc) is 2.17. The molecule has 0 aliphatic heterocycles. The Morgan fingerprint density at radius 1 is 1.67 bits per heavy atom. The van der Waals surface area contributed by atoms with Crippen LogP contribution in [0.4, 0.5) is 0 Å². The highest BCUT2D eigenvalue weighted by Crippen LogP contribution is 2.11. The lowest BCUT2D eigenvalue weighted by atomic mass is 10.3. The van der Waals surface area contributed by atoms with Crippen molar-refractivity contribution >= 4 is 5.76 Å². The van der Waals surface area contributed by atoms with Crippen LogP contribution in [0.25, 0.3) is 5.76 Å². The molecule has 1 heterocycles. The highest BCUT2D eigenvalue weighted by atomic mass is 16.5. The van der Waals surface area contributed by atoms with E-state index in [4.69, 9.17) is 15.6 Å². The molecular formula is C8H10N2O2. The number of rotatable bonds is 2. The van der Waals surface area contributed by atoms with Crippen molar-refractivity contribution in [2.24, 2.45) is 5.73 Å². The zero-order valence-electron chi connectivity index (χ0n) is 6.69. The van der Waals surface area contributed by atoms with Crippen LogP contribution in [-0.2, 0) is 0 Å². The normalized spacial score (nSPS) is 11.2. The second-order valence-electron chi connectivity index (χ2n) is 2.14. The van der Waals surface area contributed by atoms with Crippen LogP contribution in [0.15, 0.2) is 24.5 Å². The van der Waals surface area contributed by atoms with Crippen LogP contribution >= 0.6 is 0 Å². The number of nitrogens with two attached hydrogens (primary N) is 1. The molecule has 64 valence electrons. The van der Waals surface area contributed by atoms with Crippen LogP contribution in [0.5, 0.6) is 5.75 Å². The molecule has 1 aromatic rings. The van der Waals surface area contributed by atoms with Crippen molar-refractivity contribution in [2.75, 3.05) is 7.11 Å². The summed E-state index contributed by atoms with van der Waals surface area (Å²) in [5.74, 6) is 0.598. The zero-order valence-corrected chi connectivity index (χ0v) is 6.69. The summed E-state index contributed by atoms with van der Waals surface area (Å²) < 4.78 is 4.89. The van der Waals surface area contributed by atoms with Gasteiger partial charge in [-0.15, -0.1) is 0 Å². The fourth-order valence-electron chi connectivity index (χ4n) is 0.738. The number of hydrogen-bond acceptors (Lipinski definition) is 4. The Labute approximate surface area is 70.3 Å². The van der Waals surface area contributed by atoms with Gasteiger partial charge in [-0.05, 0) is 12.1 Å². The van der Waals surface area contributed by atoms with Crippen molar-refractivity contribution in [1.29, 1.82) is 0 Å². The summed E-state index contributed by atoms with van der Waals surface area (Å²) in [5, 5.41) is 9.13. The van der Waals surface area contributed by atoms with Crippen molar-refractivity contribution in [3.63, 3.8) is 0 Å². The van der Waals surface area contributed by atoms with Gasteiger partial charge < -0.3 is 15.6 Å². The molecule has 0 fully saturated rings. The monoisotopic (exact) mass is 166 g/mol. The highest BCUT2D eigenvalue weighted by molar-refractivity contribution is 5.54. The quantitative estimate of drug-likeness (QED) is 0.640. The van der Waals surface area contributed by atoms with E-state index in [-0.39, 0.29) is 5.76 Å². The van der Waals surface area contributed by atoms with Crippen molar-refractivity contribution in [2.45, 2.75) is 0 Å². The zero-order chi connectivity index (χ0) is 8.97. The summed E-state index contributed by atoms with van der Waals surface area (Å²) in [6, 6.07) is 3.32. The molecule has 0 bridgehead atoms. The lowest BCUT2D eigenvalue weighted by Crippen LogP contribution is -1.92. The molecular weight excluding hydrogens is 156 g/mol. The third-order valence-corrected chi connectivity index (χ3v) is 1.39. The van der Waals surface area contributed by atoms with Gasteiger partial charge in [0.15, 0.2) is 5.76 Å². The van der Waals surface area contributed by atoms with Gasteiger partial charge in [-0.2, -0.15) is 0 Å². The highest BCUT2D eigenvalue weighted by Gasteiger charge is 1.98. The fourth-order valence-corrected chi connectivity index (χ4v) is 0.738. The van der Waals surface area contributed by atoms with Crippen LogP contribution in [0.2, 0.25) is 0 Å². The van der Waals surface area contributed by atoms with E-state index in [0.717, 1.165) is 6.20 Å². The first-order valence-electron chi connectivity index (χ1n) is 3.39. The smallest absolute Gasteiger partial charge is 0.156 e. The molecule has 3 N–H and O–H groups in total. The molecule has 12 heavy (non-hydrogen) atoms. The van der Waals surface area contributed by atoms with E-state index in [9.17, 15) is 0 Å². The molecule has 0 spiro atoms. The number of hydrogen-bond donors (Lipinski definition) is 2. The van der Waals surface area contributed by atoms with E-state index < -0.39 is 0 Å². The molecule has 1 rings (SSSR count). The lowest BCUT2D eigenvalue weighted by molar-refractivity contribution is 0.412. The Bertz CT molecular complexity index is 280. The van der Waals surface area contributed by atoms with Gasteiger partial charge >= 0.3 is 0 Å². The minimum Gasteiger partial charge on any atom is -0.504 e. The summed E-state index contributed by atoms with van der Waals surface area (Å²) in [6.07, 6.45) is 2.60. The Morgan fingerprint density at radius 3 is 2.83 bits per heavy atom. The van der Waals surface area contributed by atoms with Crippen molar-refractivity contribution in [3.05, 3.63) is 30.2 Å². The van der Waals surface area contributed by atoms with Crippen LogP contribution in [0.1, 0.15) is 5.69 Å². The Kier molecular flexibility index (Phi) is 2.53. The molecule has 0 atom stereocenters. The van der Waals surface area contributed by atoms with Gasteiger partial charge in [0, 0.05) is 6.20 Å². The third-order valence-electron chi connectivity index (χ3n) is 1.39. The van der Waals surface area contributed by atoms with Gasteiger partial charge in [-0.25, -0.2) is 4.98 Å². The van der Waals surface area contributed by atoms with Crippen molar-refractivity contribution in [3.8, 4) is 5.75 Å². The van der Waals surface area contributed by atoms with Gasteiger partial charge in [0.05, 0.1) is 13.3 Å². The number of nitrogens with zero attached hydrogens (tertiary/aromatic N) is 1. The first-order chi connectivity index (χ1) is 5.77. The summed E-state index contributed by atoms with van der Waals surface area (Å²) in [5.41, 5.74) is 5.52. The second-order valence-corrected chi connectivity index (χ2v) is 2.14. The van der Waals surface area contributed by atoms with Crippen molar-refractivity contribution < 1.29 is 9.84 Å². The van der Waals surface area contributed by atoms with Crippen LogP contribution in [-0.4, -0.2) is 17.2 Å². The number of aromatic nitrogens is 1. The summed E-state index contributed by atoms with van der Waals surface area (Å²) >= 11 is 0. The van der Waals surface area contributed by atoms with E-state index in [1.54, 1.807) is 19.2 Å². The number of aliphatic hydroxyl groups is 1. The summed E-state index contributed by atoms with van der Waals surface area (Å²) in [4.78, 5) is 3.90. The first-order valence-corrected chi connectivity index (χ1v) is 3.39. The van der Waals surface area contributed by atoms with Gasteiger partial charge in [0.25, 0.3) is 0 Å². The minimum absolute atomic E-state index is 0.0438. The minimum atomic E-state index is -0.0438. The molecule has 0 saturated carbocycles. The van der Waals surface area contributed by atoms with E-state index in [1.807, 2.05) is 0 Å². The van der Waals surface area contributed by atoms with Crippen LogP contribution in [0.3, 0.4) is 0 Å². The first kappa shape index (κ1) is 8.39. The second kappa shape index (κ2) is 3.61. The molecule has 1 aromatic heterocycles. The number of ether oxygens (including phenoxy) is 1. The standard InChI is InChI=1S/C8H10N2O2/c1-12-6-2-3-7(10-5-6)8(11)4-9/h2-5,11H,9H2,1H3. The molecule has 0 aliphatic carbocycles. The van der Waals surface area contributed by atoms with E-state index in [1.165, 1.54) is 6.20 Å². The fraction of sp³-hybridized carbons (Fsp3) is 0.125. The maximum Gasteiger partial charge on any atom is 0.156 e. The molecule has 0 aliphatic rings. The van der Waals surface area contributed by atoms with E-state index in [0.29, 0.717) is 11.4 Å². The molecule has 0 unspecified atom stereocenters. The molecule has 0 radical (unpaired) electrons. The summed E-state index contributed by atoms with van der Waals surface area (Å²) in [7, 11) is 1.55. The van der Waals surface area contributed by atoms with Crippen molar-refractivity contribution in [1.82, 2.24) is 4.98 Å². The maximum atomic E-state index is 9.13. The Morgan fingerprint density at radius 2 is 2.42 bits per heavy atom. The SMILES string of the molecule is COc1ccc(C(O)=CN)nc1. The topological polar surface area (TPSA) is 68.4 Å². The molecule has 0 saturated heterocycles. The van der Waals surface area contributed by atoms with Gasteiger partial charge in [-0.1, -0.05) is 0 Å². The number of pyridine rings is 1. The number of aliphatic hydroxyl groups excluding tert-OH is 1. The summed E-state index contributed by atoms with van der Waals surface area (Å²) in [6.45, 7) is 0. The molecule has 0 aromatic carbocycles. The van der Waals surface area contributed by atoms with Crippen LogP contribution in [0, 0.1) is 0 Å². The number of methoxy groups -OCH3 is 1. The lowest BCUT2D eigenvalue weighted by Gasteiger charge is -2.00. The predicted molar refractivity (Wildman–Crippen MR) is 45.6 cm³/mol. The largest absolute Gasteiger partial charge is 0.504 e. The molecule has 4 heteroatoms. The van der Waals surface area contributed by atoms with Crippen LogP contribution < -0.4 is 10.5 Å². The third kappa shape index (κ3) is 1.66. The predicted octanol–water partition coefficient (Wildman–Crippen LogP) is 0.905. The molecule has 0 amide bonds. The van der Waals surface area contributed by atoms with E-state index >= 15 is 0 Å². The average molecular weight is 166 g/mol. The van der Waals surface area contributed by atoms with Gasteiger partial charge in [-0.3, -0.25) is 0 Å². The Hall–Kier alpha value is -1.71. The molecule has 4 nitrogen and oxygen atoms in total. The Balaban J connectivity index is 2.92. The van der Waals surface area contributed by atoms with Gasteiger partial charge in [0.1, 0.15) is 11.4 Å².